The molecule has 0 atom stereocenters. The summed E-state index contributed by atoms with van der Waals surface area (Å²) in [4.78, 5) is 30.5. The number of benzene rings is 1. The van der Waals surface area contributed by atoms with Crippen molar-refractivity contribution in [1.82, 2.24) is 24.6 Å². The van der Waals surface area contributed by atoms with Gasteiger partial charge in [-0.2, -0.15) is 5.10 Å². The van der Waals surface area contributed by atoms with Gasteiger partial charge in [0.25, 0.3) is 5.56 Å². The maximum Gasteiger partial charge on any atom is 0.280 e. The Balaban J connectivity index is 1.50. The van der Waals surface area contributed by atoms with Crippen LogP contribution in [0.2, 0.25) is 5.02 Å². The van der Waals surface area contributed by atoms with E-state index in [1.807, 2.05) is 38.1 Å². The normalized spacial score (nSPS) is 11.2. The van der Waals surface area contributed by atoms with Crippen molar-refractivity contribution in [2.24, 2.45) is 0 Å². The molecule has 0 fully saturated rings. The highest BCUT2D eigenvalue weighted by molar-refractivity contribution is 7.99. The van der Waals surface area contributed by atoms with Crippen molar-refractivity contribution in [1.29, 1.82) is 0 Å². The van der Waals surface area contributed by atoms with Gasteiger partial charge in [0.15, 0.2) is 10.7 Å². The summed E-state index contributed by atoms with van der Waals surface area (Å²) in [5, 5.41) is 8.49. The first-order valence-electron chi connectivity index (χ1n) is 10.6. The molecule has 8 nitrogen and oxygen atoms in total. The molecule has 1 N–H and O–H groups in total. The van der Waals surface area contributed by atoms with Crippen molar-refractivity contribution in [3.05, 3.63) is 75.1 Å². The summed E-state index contributed by atoms with van der Waals surface area (Å²) >= 11 is 7.13. The molecule has 1 aromatic carbocycles. The highest BCUT2D eigenvalue weighted by Crippen LogP contribution is 2.21. The second-order valence-electron chi connectivity index (χ2n) is 7.48. The van der Waals surface area contributed by atoms with Gasteiger partial charge in [-0.1, -0.05) is 35.5 Å². The van der Waals surface area contributed by atoms with E-state index in [0.29, 0.717) is 52.2 Å². The van der Waals surface area contributed by atoms with Crippen LogP contribution in [-0.2, 0) is 24.3 Å². The number of thioether (sulfide) groups is 1. The molecule has 4 aromatic rings. The standard InChI is InChI=1S/C23H24ClN5O3S/c1-3-29-21-20(15(2)27-29)26-23(28(22(21)31)13-18-5-4-12-32-18)33-14-19(30)25-11-10-16-6-8-17(24)9-7-16/h4-9,12H,3,10-11,13-14H2,1-2H3,(H,25,30). The molecule has 33 heavy (non-hydrogen) atoms. The number of halogens is 1. The van der Waals surface area contributed by atoms with Crippen LogP contribution in [0, 0.1) is 6.92 Å². The zero-order chi connectivity index (χ0) is 23.4. The second-order valence-corrected chi connectivity index (χ2v) is 8.86. The van der Waals surface area contributed by atoms with Crippen LogP contribution in [0.4, 0.5) is 0 Å². The molecule has 0 bridgehead atoms. The molecular formula is C23H24ClN5O3S. The van der Waals surface area contributed by atoms with E-state index in [0.717, 1.165) is 5.56 Å². The lowest BCUT2D eigenvalue weighted by Gasteiger charge is -2.12. The predicted molar refractivity (Wildman–Crippen MR) is 129 cm³/mol. The predicted octanol–water partition coefficient (Wildman–Crippen LogP) is 3.67. The van der Waals surface area contributed by atoms with Gasteiger partial charge in [-0.05, 0) is 50.1 Å². The van der Waals surface area contributed by atoms with Crippen molar-refractivity contribution in [2.75, 3.05) is 12.3 Å². The number of hydrogen-bond acceptors (Lipinski definition) is 6. The van der Waals surface area contributed by atoms with Crippen molar-refractivity contribution in [3.63, 3.8) is 0 Å². The van der Waals surface area contributed by atoms with Crippen molar-refractivity contribution < 1.29 is 9.21 Å². The largest absolute Gasteiger partial charge is 0.467 e. The summed E-state index contributed by atoms with van der Waals surface area (Å²) in [7, 11) is 0. The van der Waals surface area contributed by atoms with E-state index in [2.05, 4.69) is 10.4 Å². The molecule has 3 heterocycles. The van der Waals surface area contributed by atoms with Gasteiger partial charge < -0.3 is 9.73 Å². The Kier molecular flexibility index (Phi) is 7.20. The summed E-state index contributed by atoms with van der Waals surface area (Å²) in [6.07, 6.45) is 2.27. The number of nitrogens with zero attached hydrogens (tertiary/aromatic N) is 4. The van der Waals surface area contributed by atoms with E-state index in [4.69, 9.17) is 21.0 Å². The third-order valence-corrected chi connectivity index (χ3v) is 6.39. The van der Waals surface area contributed by atoms with Crippen molar-refractivity contribution in [3.8, 4) is 0 Å². The van der Waals surface area contributed by atoms with Gasteiger partial charge in [0.05, 0.1) is 24.3 Å². The Morgan fingerprint density at radius 2 is 2.03 bits per heavy atom. The zero-order valence-corrected chi connectivity index (χ0v) is 19.9. The average Bonchev–Trinajstić information content (AvgIpc) is 3.43. The van der Waals surface area contributed by atoms with Crippen LogP contribution in [0.5, 0.6) is 0 Å². The molecule has 0 aliphatic carbocycles. The SMILES string of the molecule is CCn1nc(C)c2nc(SCC(=O)NCCc3ccc(Cl)cc3)n(Cc3ccco3)c(=O)c21. The molecule has 10 heteroatoms. The van der Waals surface area contributed by atoms with Gasteiger partial charge in [-0.15, -0.1) is 0 Å². The van der Waals surface area contributed by atoms with Crippen molar-refractivity contribution in [2.45, 2.75) is 38.5 Å². The summed E-state index contributed by atoms with van der Waals surface area (Å²) in [5.41, 5.74) is 2.59. The quantitative estimate of drug-likeness (QED) is 0.287. The summed E-state index contributed by atoms with van der Waals surface area (Å²) in [6, 6.07) is 11.1. The Morgan fingerprint density at radius 1 is 1.24 bits per heavy atom. The lowest BCUT2D eigenvalue weighted by Crippen LogP contribution is -2.29. The number of nitrogens with one attached hydrogen (secondary N) is 1. The first-order chi connectivity index (χ1) is 16.0. The number of carbonyl (C=O) groups is 1. The highest BCUT2D eigenvalue weighted by Gasteiger charge is 2.19. The Bertz CT molecular complexity index is 1310. The average molecular weight is 486 g/mol. The van der Waals surface area contributed by atoms with Crippen molar-refractivity contribution >= 4 is 40.3 Å². The fourth-order valence-electron chi connectivity index (χ4n) is 3.50. The number of hydrogen-bond donors (Lipinski definition) is 1. The molecule has 0 radical (unpaired) electrons. The van der Waals surface area contributed by atoms with E-state index >= 15 is 0 Å². The van der Waals surface area contributed by atoms with E-state index in [1.54, 1.807) is 27.6 Å². The molecule has 0 unspecified atom stereocenters. The molecule has 1 amide bonds. The van der Waals surface area contributed by atoms with E-state index in [1.165, 1.54) is 11.8 Å². The number of furan rings is 1. The topological polar surface area (TPSA) is 95.0 Å². The molecule has 0 saturated heterocycles. The number of carbonyl (C=O) groups excluding carboxylic acids is 1. The van der Waals surface area contributed by atoms with Gasteiger partial charge in [0.2, 0.25) is 5.91 Å². The summed E-state index contributed by atoms with van der Waals surface area (Å²) in [5.74, 6) is 0.637. The number of aryl methyl sites for hydroxylation is 2. The maximum absolute atomic E-state index is 13.4. The third-order valence-electron chi connectivity index (χ3n) is 5.16. The minimum atomic E-state index is -0.204. The van der Waals surface area contributed by atoms with Gasteiger partial charge in [-0.3, -0.25) is 18.8 Å². The van der Waals surface area contributed by atoms with Crippen LogP contribution in [0.15, 0.2) is 57.0 Å². The second kappa shape index (κ2) is 10.3. The fourth-order valence-corrected chi connectivity index (χ4v) is 4.45. The lowest BCUT2D eigenvalue weighted by molar-refractivity contribution is -0.118. The van der Waals surface area contributed by atoms with Gasteiger partial charge in [-0.25, -0.2) is 4.98 Å². The maximum atomic E-state index is 13.4. The first kappa shape index (κ1) is 23.1. The van der Waals surface area contributed by atoms with Crippen LogP contribution >= 0.6 is 23.4 Å². The molecular weight excluding hydrogens is 462 g/mol. The molecule has 0 spiro atoms. The molecule has 0 aliphatic rings. The molecule has 4 rings (SSSR count). The van der Waals surface area contributed by atoms with Crippen LogP contribution in [0.1, 0.15) is 23.9 Å². The van der Waals surface area contributed by atoms with Crippen LogP contribution in [0.3, 0.4) is 0 Å². The zero-order valence-electron chi connectivity index (χ0n) is 18.4. The van der Waals surface area contributed by atoms with E-state index in [9.17, 15) is 9.59 Å². The molecule has 0 aliphatic heterocycles. The van der Waals surface area contributed by atoms with E-state index in [-0.39, 0.29) is 23.8 Å². The minimum absolute atomic E-state index is 0.131. The molecule has 3 aromatic heterocycles. The number of fused-ring (bicyclic) bond motifs is 1. The fraction of sp³-hybridized carbons (Fsp3) is 0.304. The van der Waals surface area contributed by atoms with Gasteiger partial charge >= 0.3 is 0 Å². The number of aromatic nitrogens is 4. The Morgan fingerprint density at radius 3 is 2.73 bits per heavy atom. The smallest absolute Gasteiger partial charge is 0.280 e. The highest BCUT2D eigenvalue weighted by atomic mass is 35.5. The minimum Gasteiger partial charge on any atom is -0.467 e. The first-order valence-corrected chi connectivity index (χ1v) is 12.0. The number of rotatable bonds is 9. The molecule has 172 valence electrons. The van der Waals surface area contributed by atoms with Gasteiger partial charge in [0.1, 0.15) is 11.3 Å². The molecule has 0 saturated carbocycles. The van der Waals surface area contributed by atoms with E-state index < -0.39 is 0 Å². The van der Waals surface area contributed by atoms with Crippen LogP contribution in [-0.4, -0.2) is 37.5 Å². The Hall–Kier alpha value is -3.04. The van der Waals surface area contributed by atoms with Gasteiger partial charge in [0, 0.05) is 18.1 Å². The Labute approximate surface area is 199 Å². The summed E-state index contributed by atoms with van der Waals surface area (Å²) in [6.45, 7) is 5.05. The van der Waals surface area contributed by atoms with Crippen LogP contribution < -0.4 is 10.9 Å². The van der Waals surface area contributed by atoms with Crippen LogP contribution in [0.25, 0.3) is 11.0 Å². The number of amides is 1. The third kappa shape index (κ3) is 5.31. The monoisotopic (exact) mass is 485 g/mol. The lowest BCUT2D eigenvalue weighted by atomic mass is 10.1. The summed E-state index contributed by atoms with van der Waals surface area (Å²) < 4.78 is 8.65.